The summed E-state index contributed by atoms with van der Waals surface area (Å²) in [6.45, 7) is 4.23. The molecule has 1 saturated heterocycles. The van der Waals surface area contributed by atoms with Crippen LogP contribution in [0, 0.1) is 0 Å². The monoisotopic (exact) mass is 456 g/mol. The van der Waals surface area contributed by atoms with E-state index in [9.17, 15) is 13.2 Å². The highest BCUT2D eigenvalue weighted by molar-refractivity contribution is 7.91. The van der Waals surface area contributed by atoms with E-state index in [-0.39, 0.29) is 5.75 Å². The lowest BCUT2D eigenvalue weighted by molar-refractivity contribution is -0.118. The van der Waals surface area contributed by atoms with Gasteiger partial charge in [0, 0.05) is 28.2 Å². The summed E-state index contributed by atoms with van der Waals surface area (Å²) < 4.78 is 29.8. The van der Waals surface area contributed by atoms with Crippen molar-refractivity contribution in [3.8, 4) is 5.75 Å². The average Bonchev–Trinajstić information content (AvgIpc) is 3.33. The Kier molecular flexibility index (Phi) is 8.53. The molecule has 0 atom stereocenters. The third-order valence-corrected chi connectivity index (χ3v) is 8.07. The van der Waals surface area contributed by atoms with Gasteiger partial charge < -0.3 is 10.1 Å². The lowest BCUT2D eigenvalue weighted by atomic mass is 10.1. The first-order valence-corrected chi connectivity index (χ1v) is 13.5. The number of carbonyl (C=O) groups excluding carboxylic acids is 1. The van der Waals surface area contributed by atoms with E-state index in [1.165, 1.54) is 48.6 Å². The van der Waals surface area contributed by atoms with E-state index in [2.05, 4.69) is 16.3 Å². The molecule has 2 aromatic rings. The topological polar surface area (TPSA) is 75.7 Å². The van der Waals surface area contributed by atoms with Crippen LogP contribution in [0.4, 0.5) is 0 Å². The summed E-state index contributed by atoms with van der Waals surface area (Å²) in [5.41, 5.74) is 0. The number of amides is 1. The van der Waals surface area contributed by atoms with Gasteiger partial charge in [-0.1, -0.05) is 12.5 Å². The fraction of sp³-hybridized carbons (Fsp3) is 0.550. The molecule has 1 N–H and O–H groups in total. The Morgan fingerprint density at radius 2 is 2.00 bits per heavy atom. The maximum atomic E-state index is 12.0. The van der Waals surface area contributed by atoms with Crippen molar-refractivity contribution in [2.45, 2.75) is 38.0 Å². The van der Waals surface area contributed by atoms with Crippen molar-refractivity contribution in [2.24, 2.45) is 0 Å². The predicted octanol–water partition coefficient (Wildman–Crippen LogP) is 3.30. The van der Waals surface area contributed by atoms with E-state index < -0.39 is 21.5 Å². The highest BCUT2D eigenvalue weighted by atomic mass is 32.2. The van der Waals surface area contributed by atoms with E-state index in [0.29, 0.717) is 19.6 Å². The Hall–Kier alpha value is -1.42. The molecular formula is C20H28N2O4S3. The Bertz CT molecular complexity index is 856. The maximum absolute atomic E-state index is 12.0. The molecule has 0 unspecified atom stereocenters. The zero-order valence-electron chi connectivity index (χ0n) is 16.5. The number of thiophene rings is 2. The molecule has 0 aromatic carbocycles. The van der Waals surface area contributed by atoms with Crippen molar-refractivity contribution in [3.63, 3.8) is 0 Å². The van der Waals surface area contributed by atoms with Gasteiger partial charge in [0.25, 0.3) is 0 Å². The van der Waals surface area contributed by atoms with Crippen LogP contribution in [-0.2, 0) is 26.9 Å². The summed E-state index contributed by atoms with van der Waals surface area (Å²) in [5.74, 6) is -0.150. The van der Waals surface area contributed by atoms with Crippen LogP contribution in [0.2, 0.25) is 0 Å². The van der Waals surface area contributed by atoms with Gasteiger partial charge in [0.15, 0.2) is 9.84 Å². The second-order valence-corrected chi connectivity index (χ2v) is 11.3. The minimum atomic E-state index is -3.43. The molecule has 3 rings (SSSR count). The second kappa shape index (κ2) is 11.1. The van der Waals surface area contributed by atoms with E-state index in [1.54, 1.807) is 23.5 Å². The van der Waals surface area contributed by atoms with Crippen LogP contribution in [0.5, 0.6) is 5.75 Å². The Labute approximate surface area is 180 Å². The van der Waals surface area contributed by atoms with Gasteiger partial charge in [0.2, 0.25) is 5.91 Å². The summed E-state index contributed by atoms with van der Waals surface area (Å²) >= 11 is 3.10. The molecule has 0 aliphatic carbocycles. The van der Waals surface area contributed by atoms with Crippen molar-refractivity contribution >= 4 is 38.4 Å². The molecule has 1 amide bonds. The van der Waals surface area contributed by atoms with E-state index in [4.69, 9.17) is 4.74 Å². The minimum Gasteiger partial charge on any atom is -0.493 e. The van der Waals surface area contributed by atoms with Crippen LogP contribution in [-0.4, -0.2) is 51.2 Å². The van der Waals surface area contributed by atoms with Gasteiger partial charge in [-0.3, -0.25) is 9.69 Å². The van der Waals surface area contributed by atoms with Crippen LogP contribution >= 0.6 is 22.7 Å². The van der Waals surface area contributed by atoms with Gasteiger partial charge in [-0.25, -0.2) is 8.42 Å². The smallest absolute Gasteiger partial charge is 0.235 e. The standard InChI is InChI=1S/C20H28N2O4S3/c23-20(16-29(24,25)15-18-6-4-11-27-18)21-7-5-10-26-17-12-19(28-14-17)13-22-8-2-1-3-9-22/h4,6,11-12,14H,1-3,5,7-10,13,15-16H2,(H,21,23). The number of rotatable bonds is 11. The second-order valence-electron chi connectivity index (χ2n) is 7.25. The molecule has 1 aliphatic rings. The first-order chi connectivity index (χ1) is 14.0. The highest BCUT2D eigenvalue weighted by Gasteiger charge is 2.17. The molecule has 6 nitrogen and oxygen atoms in total. The fourth-order valence-corrected chi connectivity index (χ4v) is 6.54. The molecule has 0 bridgehead atoms. The van der Waals surface area contributed by atoms with Gasteiger partial charge in [0.1, 0.15) is 11.5 Å². The van der Waals surface area contributed by atoms with Crippen molar-refractivity contribution in [3.05, 3.63) is 38.7 Å². The molecule has 29 heavy (non-hydrogen) atoms. The summed E-state index contributed by atoms with van der Waals surface area (Å²) in [6, 6.07) is 5.66. The number of carbonyl (C=O) groups is 1. The fourth-order valence-electron chi connectivity index (χ4n) is 3.26. The molecule has 1 aliphatic heterocycles. The maximum Gasteiger partial charge on any atom is 0.235 e. The first-order valence-electron chi connectivity index (χ1n) is 9.92. The molecule has 1 fully saturated rings. The number of nitrogens with one attached hydrogen (secondary N) is 1. The Morgan fingerprint density at radius 3 is 2.76 bits per heavy atom. The van der Waals surface area contributed by atoms with Crippen LogP contribution in [0.3, 0.4) is 0 Å². The van der Waals surface area contributed by atoms with Gasteiger partial charge in [0.05, 0.1) is 12.4 Å². The summed E-state index contributed by atoms with van der Waals surface area (Å²) in [6.07, 6.45) is 4.55. The SMILES string of the molecule is O=C(CS(=O)(=O)Cc1cccs1)NCCCOc1csc(CN2CCCCC2)c1. The molecule has 160 valence electrons. The quantitative estimate of drug-likeness (QED) is 0.525. The molecule has 0 spiro atoms. The van der Waals surface area contributed by atoms with Gasteiger partial charge in [-0.15, -0.1) is 22.7 Å². The predicted molar refractivity (Wildman–Crippen MR) is 118 cm³/mol. The third-order valence-electron chi connectivity index (χ3n) is 4.66. The summed E-state index contributed by atoms with van der Waals surface area (Å²) in [7, 11) is -3.43. The van der Waals surface area contributed by atoms with Crippen LogP contribution in [0.15, 0.2) is 29.0 Å². The first kappa shape index (κ1) is 22.3. The van der Waals surface area contributed by atoms with Crippen molar-refractivity contribution in [1.29, 1.82) is 0 Å². The van der Waals surface area contributed by atoms with E-state index in [0.717, 1.165) is 17.2 Å². The van der Waals surface area contributed by atoms with Crippen molar-refractivity contribution in [1.82, 2.24) is 10.2 Å². The number of piperidine rings is 1. The Balaban J connectivity index is 1.29. The van der Waals surface area contributed by atoms with Crippen molar-refractivity contribution < 1.29 is 17.9 Å². The number of nitrogens with zero attached hydrogens (tertiary/aromatic N) is 1. The van der Waals surface area contributed by atoms with Crippen LogP contribution in [0.1, 0.15) is 35.4 Å². The zero-order valence-corrected chi connectivity index (χ0v) is 18.9. The van der Waals surface area contributed by atoms with Crippen molar-refractivity contribution in [2.75, 3.05) is 32.0 Å². The lowest BCUT2D eigenvalue weighted by Crippen LogP contribution is -2.32. The molecule has 9 heteroatoms. The molecule has 0 radical (unpaired) electrons. The van der Waals surface area contributed by atoms with Crippen LogP contribution in [0.25, 0.3) is 0 Å². The van der Waals surface area contributed by atoms with Gasteiger partial charge >= 0.3 is 0 Å². The number of hydrogen-bond donors (Lipinski definition) is 1. The number of sulfone groups is 1. The Morgan fingerprint density at radius 1 is 1.17 bits per heavy atom. The lowest BCUT2D eigenvalue weighted by Gasteiger charge is -2.25. The number of likely N-dealkylation sites (tertiary alicyclic amines) is 1. The molecule has 0 saturated carbocycles. The average molecular weight is 457 g/mol. The molecule has 2 aromatic heterocycles. The van der Waals surface area contributed by atoms with Gasteiger partial charge in [-0.05, 0) is 49.9 Å². The number of hydrogen-bond acceptors (Lipinski definition) is 7. The normalized spacial score (nSPS) is 15.3. The number of ether oxygens (including phenoxy) is 1. The van der Waals surface area contributed by atoms with E-state index >= 15 is 0 Å². The third kappa shape index (κ3) is 8.08. The molecular weight excluding hydrogens is 428 g/mol. The summed E-state index contributed by atoms with van der Waals surface area (Å²) in [4.78, 5) is 16.4. The minimum absolute atomic E-state index is 0.0842. The highest BCUT2D eigenvalue weighted by Crippen LogP contribution is 2.24. The molecule has 3 heterocycles. The zero-order chi connectivity index (χ0) is 20.5. The van der Waals surface area contributed by atoms with E-state index in [1.807, 2.05) is 10.8 Å². The largest absolute Gasteiger partial charge is 0.493 e. The summed E-state index contributed by atoms with van der Waals surface area (Å²) in [5, 5.41) is 6.52. The van der Waals surface area contributed by atoms with Gasteiger partial charge in [-0.2, -0.15) is 0 Å². The van der Waals surface area contributed by atoms with Crippen LogP contribution < -0.4 is 10.1 Å².